The number of phenols is 2. The van der Waals surface area contributed by atoms with E-state index in [0.717, 1.165) is 38.5 Å². The predicted octanol–water partition coefficient (Wildman–Crippen LogP) is 4.84. The van der Waals surface area contributed by atoms with E-state index < -0.39 is 9.84 Å². The number of anilines is 1. The maximum absolute atomic E-state index is 12.2. The molecule has 0 saturated carbocycles. The van der Waals surface area contributed by atoms with Gasteiger partial charge in [0, 0.05) is 39.2 Å². The van der Waals surface area contributed by atoms with Crippen molar-refractivity contribution < 1.29 is 28.2 Å². The highest BCUT2D eigenvalue weighted by molar-refractivity contribution is 7.91. The lowest BCUT2D eigenvalue weighted by molar-refractivity contribution is 0.100. The number of benzene rings is 1. The Balaban J connectivity index is 0.000000322. The van der Waals surface area contributed by atoms with Crippen molar-refractivity contribution in [1.29, 1.82) is 0 Å². The monoisotopic (exact) mass is 658 g/mol. The quantitative estimate of drug-likeness (QED) is 0.240. The molecule has 0 atom stereocenters. The summed E-state index contributed by atoms with van der Waals surface area (Å²) in [6.45, 7) is 16.9. The fourth-order valence-corrected chi connectivity index (χ4v) is 6.49. The molecule has 2 fully saturated rings. The van der Waals surface area contributed by atoms with Crippen LogP contribution in [0.3, 0.4) is 0 Å². The summed E-state index contributed by atoms with van der Waals surface area (Å²) in [4.78, 5) is 21.2. The van der Waals surface area contributed by atoms with Crippen molar-refractivity contribution in [3.63, 3.8) is 0 Å². The molecule has 12 nitrogen and oxygen atoms in total. The third kappa shape index (κ3) is 9.73. The molecule has 2 aromatic heterocycles. The molecule has 13 heteroatoms. The van der Waals surface area contributed by atoms with Gasteiger partial charge in [0.05, 0.1) is 42.2 Å². The van der Waals surface area contributed by atoms with E-state index in [0.29, 0.717) is 47.4 Å². The van der Waals surface area contributed by atoms with Crippen LogP contribution in [0.15, 0.2) is 30.5 Å². The van der Waals surface area contributed by atoms with E-state index in [1.54, 1.807) is 16.8 Å². The molecular formula is C33H50N6O6S. The molecule has 0 unspecified atom stereocenters. The average Bonchev–Trinajstić information content (AvgIpc) is 3.49. The highest BCUT2D eigenvalue weighted by atomic mass is 32.2. The van der Waals surface area contributed by atoms with Gasteiger partial charge in [0.15, 0.2) is 21.4 Å². The van der Waals surface area contributed by atoms with E-state index in [9.17, 15) is 23.4 Å². The number of ether oxygens (including phenoxy) is 1. The fourth-order valence-electron chi connectivity index (χ4n) is 5.22. The number of sulfone groups is 1. The highest BCUT2D eigenvalue weighted by Gasteiger charge is 2.24. The largest absolute Gasteiger partial charge is 0.508 e. The van der Waals surface area contributed by atoms with Gasteiger partial charge in [-0.25, -0.2) is 13.4 Å². The van der Waals surface area contributed by atoms with Gasteiger partial charge in [0.1, 0.15) is 17.3 Å². The van der Waals surface area contributed by atoms with Crippen LogP contribution in [0.4, 0.5) is 5.82 Å². The van der Waals surface area contributed by atoms with Gasteiger partial charge in [0.2, 0.25) is 5.82 Å². The number of Topliss-reactive ketones (excluding diaryl/α,β-unsaturated/α-hetero) is 1. The first kappa shape index (κ1) is 36.9. The zero-order valence-corrected chi connectivity index (χ0v) is 28.9. The van der Waals surface area contributed by atoms with Crippen LogP contribution in [-0.4, -0.2) is 107 Å². The van der Waals surface area contributed by atoms with Crippen molar-refractivity contribution in [3.05, 3.63) is 41.9 Å². The van der Waals surface area contributed by atoms with E-state index in [4.69, 9.17) is 4.74 Å². The molecule has 4 heterocycles. The number of carbonyl (C=O) groups is 1. The molecule has 0 radical (unpaired) electrons. The van der Waals surface area contributed by atoms with Crippen molar-refractivity contribution in [1.82, 2.24) is 24.6 Å². The number of ketones is 1. The minimum Gasteiger partial charge on any atom is -0.508 e. The number of hydrogen-bond acceptors (Lipinski definition) is 11. The van der Waals surface area contributed by atoms with Crippen LogP contribution in [0.2, 0.25) is 0 Å². The van der Waals surface area contributed by atoms with E-state index >= 15 is 0 Å². The molecule has 254 valence electrons. The highest BCUT2D eigenvalue weighted by Crippen LogP contribution is 2.38. The number of unbranched alkanes of at least 4 members (excludes halogenated alkanes) is 2. The average molecular weight is 659 g/mol. The molecule has 46 heavy (non-hydrogen) atoms. The fraction of sp³-hybridized carbons (Fsp3) is 0.576. The smallest absolute Gasteiger partial charge is 0.204 e. The van der Waals surface area contributed by atoms with Crippen LogP contribution < -0.4 is 4.90 Å². The minimum atomic E-state index is -2.69. The van der Waals surface area contributed by atoms with Gasteiger partial charge in [-0.1, -0.05) is 47.5 Å². The first-order chi connectivity index (χ1) is 22.0. The number of carbonyl (C=O) groups excluding carboxylic acids is 1. The van der Waals surface area contributed by atoms with Crippen LogP contribution in [0.25, 0.3) is 17.1 Å². The summed E-state index contributed by atoms with van der Waals surface area (Å²) in [5.74, 6) is 1.59. The third-order valence-electron chi connectivity index (χ3n) is 7.83. The second-order valence-electron chi connectivity index (χ2n) is 11.5. The van der Waals surface area contributed by atoms with Gasteiger partial charge in [0.25, 0.3) is 0 Å². The number of pyridine rings is 1. The summed E-state index contributed by atoms with van der Waals surface area (Å²) in [5.41, 5.74) is 1.63. The molecule has 1 aromatic carbocycles. The lowest BCUT2D eigenvalue weighted by Crippen LogP contribution is -2.40. The van der Waals surface area contributed by atoms with Crippen molar-refractivity contribution >= 4 is 21.4 Å². The third-order valence-corrected chi connectivity index (χ3v) is 9.44. The summed E-state index contributed by atoms with van der Waals surface area (Å²) in [5, 5.41) is 28.9. The molecule has 0 aliphatic carbocycles. The molecule has 2 aliphatic heterocycles. The SMILES string of the molecule is CC.CC(=O)c1nnc(-c2cc(C(C)C)c(O)cc2O)n1-c1ccc(N2CCOCC2)nc1.CCCCCN1CCS(=O)(=O)CC1. The number of aromatic nitrogens is 4. The summed E-state index contributed by atoms with van der Waals surface area (Å²) in [6, 6.07) is 6.69. The first-order valence-corrected chi connectivity index (χ1v) is 18.1. The van der Waals surface area contributed by atoms with E-state index in [1.807, 2.05) is 39.8 Å². The molecule has 2 N–H and O–H groups in total. The van der Waals surface area contributed by atoms with Gasteiger partial charge in [-0.3, -0.25) is 9.36 Å². The molecular weight excluding hydrogens is 608 g/mol. The maximum atomic E-state index is 12.2. The molecule has 0 amide bonds. The lowest BCUT2D eigenvalue weighted by atomic mass is 9.98. The van der Waals surface area contributed by atoms with Crippen molar-refractivity contribution in [2.75, 3.05) is 62.3 Å². The second-order valence-corrected chi connectivity index (χ2v) is 13.8. The molecule has 2 saturated heterocycles. The Bertz CT molecular complexity index is 1500. The molecule has 0 bridgehead atoms. The maximum Gasteiger partial charge on any atom is 0.204 e. The summed E-state index contributed by atoms with van der Waals surface area (Å²) >= 11 is 0. The predicted molar refractivity (Wildman–Crippen MR) is 181 cm³/mol. The number of phenolic OH excluding ortho intramolecular Hbond substituents is 2. The summed E-state index contributed by atoms with van der Waals surface area (Å²) in [6.07, 6.45) is 5.34. The summed E-state index contributed by atoms with van der Waals surface area (Å²) in [7, 11) is -2.69. The van der Waals surface area contributed by atoms with Crippen LogP contribution in [0.1, 0.15) is 82.9 Å². The van der Waals surface area contributed by atoms with Crippen LogP contribution in [0.5, 0.6) is 11.5 Å². The van der Waals surface area contributed by atoms with Gasteiger partial charge >= 0.3 is 0 Å². The van der Waals surface area contributed by atoms with Crippen molar-refractivity contribution in [3.8, 4) is 28.6 Å². The van der Waals surface area contributed by atoms with Gasteiger partial charge < -0.3 is 24.7 Å². The Morgan fingerprint density at radius 1 is 0.978 bits per heavy atom. The topological polar surface area (TPSA) is 151 Å². The standard InChI is InChI=1S/C22H25N5O4.C9H19NO2S.C2H6/c1-13(2)16-10-17(19(30)11-18(16)29)22-25-24-21(14(3)28)27(22)15-4-5-20(23-12-15)26-6-8-31-9-7-26;1-2-3-4-5-10-6-8-13(11,12)9-7-10;1-2/h4-5,10-13,29-30H,6-9H2,1-3H3;2-9H2,1H3;1-2H3. The minimum absolute atomic E-state index is 0.00522. The normalized spacial score (nSPS) is 16.3. The zero-order valence-electron chi connectivity index (χ0n) is 28.1. The Morgan fingerprint density at radius 3 is 2.22 bits per heavy atom. The van der Waals surface area contributed by atoms with Crippen LogP contribution >= 0.6 is 0 Å². The Labute approximate surface area is 273 Å². The van der Waals surface area contributed by atoms with E-state index in [2.05, 4.69) is 31.9 Å². The molecule has 0 spiro atoms. The Kier molecular flexibility index (Phi) is 14.0. The van der Waals surface area contributed by atoms with Crippen molar-refractivity contribution in [2.24, 2.45) is 0 Å². The van der Waals surface area contributed by atoms with Gasteiger partial charge in [-0.05, 0) is 42.6 Å². The number of aromatic hydroxyl groups is 2. The van der Waals surface area contributed by atoms with Gasteiger partial charge in [-0.15, -0.1) is 10.2 Å². The number of rotatable bonds is 9. The summed E-state index contributed by atoms with van der Waals surface area (Å²) < 4.78 is 29.2. The molecule has 2 aliphatic rings. The Hall–Kier alpha value is -3.55. The van der Waals surface area contributed by atoms with E-state index in [1.165, 1.54) is 32.3 Å². The van der Waals surface area contributed by atoms with Crippen LogP contribution in [-0.2, 0) is 14.6 Å². The first-order valence-electron chi connectivity index (χ1n) is 16.2. The molecule has 5 rings (SSSR count). The second kappa shape index (κ2) is 17.4. The molecule has 3 aromatic rings. The number of hydrogen-bond donors (Lipinski definition) is 2. The number of morpholine rings is 1. The van der Waals surface area contributed by atoms with E-state index in [-0.39, 0.29) is 29.0 Å². The van der Waals surface area contributed by atoms with Crippen molar-refractivity contribution in [2.45, 2.75) is 66.7 Å². The Morgan fingerprint density at radius 2 is 1.65 bits per heavy atom. The zero-order chi connectivity index (χ0) is 33.9. The van der Waals surface area contributed by atoms with Crippen LogP contribution in [0, 0.1) is 0 Å². The lowest BCUT2D eigenvalue weighted by Gasteiger charge is -2.27. The number of nitrogens with zero attached hydrogens (tertiary/aromatic N) is 6. The van der Waals surface area contributed by atoms with Gasteiger partial charge in [-0.2, -0.15) is 0 Å².